The Hall–Kier alpha value is -2.21. The van der Waals surface area contributed by atoms with E-state index < -0.39 is 4.92 Å². The van der Waals surface area contributed by atoms with Gasteiger partial charge in [0.1, 0.15) is 5.75 Å². The number of carbonyl (C=O) groups excluding carboxylic acids is 1. The second kappa shape index (κ2) is 4.97. The van der Waals surface area contributed by atoms with Gasteiger partial charge in [-0.25, -0.2) is 0 Å². The Balaban J connectivity index is 2.24. The summed E-state index contributed by atoms with van der Waals surface area (Å²) in [5.74, 6) is 0.542. The van der Waals surface area contributed by atoms with Gasteiger partial charge < -0.3 is 4.74 Å². The van der Waals surface area contributed by atoms with Gasteiger partial charge >= 0.3 is 0 Å². The van der Waals surface area contributed by atoms with E-state index in [0.717, 1.165) is 6.29 Å². The third kappa shape index (κ3) is 2.54. The van der Waals surface area contributed by atoms with E-state index in [1.54, 1.807) is 25.1 Å². The van der Waals surface area contributed by atoms with Crippen molar-refractivity contribution < 1.29 is 14.5 Å². The lowest BCUT2D eigenvalue weighted by Crippen LogP contribution is -1.90. The van der Waals surface area contributed by atoms with Crippen molar-refractivity contribution in [1.29, 1.82) is 0 Å². The number of nitrogens with zero attached hydrogens (tertiary/aromatic N) is 1. The summed E-state index contributed by atoms with van der Waals surface area (Å²) in [5.41, 5.74) is 0.699. The van der Waals surface area contributed by atoms with Crippen LogP contribution in [0.5, 0.6) is 10.8 Å². The van der Waals surface area contributed by atoms with Crippen molar-refractivity contribution in [3.8, 4) is 10.8 Å². The van der Waals surface area contributed by atoms with Gasteiger partial charge in [0, 0.05) is 12.1 Å². The molecule has 0 N–H and O–H groups in total. The predicted molar refractivity (Wildman–Crippen MR) is 67.6 cm³/mol. The molecular formula is C12H9NO4S. The Morgan fingerprint density at radius 3 is 2.67 bits per heavy atom. The van der Waals surface area contributed by atoms with Crippen molar-refractivity contribution >= 4 is 23.3 Å². The molecule has 0 bridgehead atoms. The van der Waals surface area contributed by atoms with E-state index in [2.05, 4.69) is 0 Å². The number of non-ortho nitro benzene ring substituents is 1. The smallest absolute Gasteiger partial charge is 0.269 e. The number of carbonyl (C=O) groups is 1. The minimum absolute atomic E-state index is 0.0274. The second-order valence-electron chi connectivity index (χ2n) is 3.58. The van der Waals surface area contributed by atoms with Gasteiger partial charge in [-0.2, -0.15) is 0 Å². The van der Waals surface area contributed by atoms with Gasteiger partial charge in [-0.3, -0.25) is 14.9 Å². The maximum Gasteiger partial charge on any atom is 0.269 e. The summed E-state index contributed by atoms with van der Waals surface area (Å²) in [5, 5.41) is 11.2. The molecule has 0 aliphatic carbocycles. The van der Waals surface area contributed by atoms with Gasteiger partial charge in [0.15, 0.2) is 11.3 Å². The number of hydrogen-bond acceptors (Lipinski definition) is 5. The molecule has 0 amide bonds. The van der Waals surface area contributed by atoms with E-state index in [9.17, 15) is 14.9 Å². The summed E-state index contributed by atoms with van der Waals surface area (Å²) in [6.45, 7) is 1.73. The molecule has 0 saturated carbocycles. The number of hydrogen-bond donors (Lipinski definition) is 0. The molecule has 2 rings (SSSR count). The fourth-order valence-electron chi connectivity index (χ4n) is 1.42. The van der Waals surface area contributed by atoms with Crippen molar-refractivity contribution in [2.75, 3.05) is 0 Å². The van der Waals surface area contributed by atoms with Crippen LogP contribution >= 0.6 is 11.3 Å². The predicted octanol–water partition coefficient (Wildman–Crippen LogP) is 3.57. The van der Waals surface area contributed by atoms with Crippen LogP contribution in [0.4, 0.5) is 5.69 Å². The highest BCUT2D eigenvalue weighted by molar-refractivity contribution is 7.15. The maximum atomic E-state index is 10.6. The Kier molecular flexibility index (Phi) is 3.38. The molecule has 0 spiro atoms. The standard InChI is InChI=1S/C12H9NO4S/c1-8-6-9(13(15)16)2-4-11(8)17-12-5-3-10(7-14)18-12/h2-7H,1H3. The van der Waals surface area contributed by atoms with Crippen LogP contribution in [0.3, 0.4) is 0 Å². The molecule has 0 atom stereocenters. The molecule has 0 unspecified atom stereocenters. The highest BCUT2D eigenvalue weighted by Crippen LogP contribution is 2.32. The molecule has 1 aromatic heterocycles. The Morgan fingerprint density at radius 2 is 2.11 bits per heavy atom. The third-order valence-corrected chi connectivity index (χ3v) is 3.19. The van der Waals surface area contributed by atoms with Crippen molar-refractivity contribution in [1.82, 2.24) is 0 Å². The summed E-state index contributed by atoms with van der Waals surface area (Å²) in [4.78, 5) is 21.3. The lowest BCUT2D eigenvalue weighted by molar-refractivity contribution is -0.384. The minimum atomic E-state index is -0.452. The van der Waals surface area contributed by atoms with Crippen molar-refractivity contribution in [3.63, 3.8) is 0 Å². The van der Waals surface area contributed by atoms with Gasteiger partial charge in [0.25, 0.3) is 5.69 Å². The first-order chi connectivity index (χ1) is 8.60. The highest BCUT2D eigenvalue weighted by atomic mass is 32.1. The SMILES string of the molecule is Cc1cc([N+](=O)[O-])ccc1Oc1ccc(C=O)s1. The topological polar surface area (TPSA) is 69.4 Å². The van der Waals surface area contributed by atoms with Crippen LogP contribution < -0.4 is 4.74 Å². The average molecular weight is 263 g/mol. The van der Waals surface area contributed by atoms with Gasteiger partial charge in [-0.1, -0.05) is 11.3 Å². The summed E-state index contributed by atoms with van der Waals surface area (Å²) >= 11 is 1.22. The number of benzene rings is 1. The van der Waals surface area contributed by atoms with Crippen molar-refractivity contribution in [2.45, 2.75) is 6.92 Å². The molecule has 0 fully saturated rings. The Labute approximate surface area is 107 Å². The van der Waals surface area contributed by atoms with Gasteiger partial charge in [0.05, 0.1) is 9.80 Å². The van der Waals surface area contributed by atoms with Crippen LogP contribution in [0.15, 0.2) is 30.3 Å². The molecule has 0 radical (unpaired) electrons. The summed E-state index contributed by atoms with van der Waals surface area (Å²) in [6.07, 6.45) is 0.750. The van der Waals surface area contributed by atoms with E-state index in [4.69, 9.17) is 4.74 Å². The van der Waals surface area contributed by atoms with Crippen LogP contribution in [0.25, 0.3) is 0 Å². The zero-order valence-corrected chi connectivity index (χ0v) is 10.3. The molecular weight excluding hydrogens is 254 g/mol. The van der Waals surface area contributed by atoms with Crippen LogP contribution in [0, 0.1) is 17.0 Å². The molecule has 6 heteroatoms. The number of rotatable bonds is 4. The van der Waals surface area contributed by atoms with Crippen LogP contribution in [-0.4, -0.2) is 11.2 Å². The van der Waals surface area contributed by atoms with E-state index in [1.807, 2.05) is 0 Å². The highest BCUT2D eigenvalue weighted by Gasteiger charge is 2.10. The number of aryl methyl sites for hydroxylation is 1. The molecule has 18 heavy (non-hydrogen) atoms. The lowest BCUT2D eigenvalue weighted by Gasteiger charge is -2.05. The molecule has 92 valence electrons. The molecule has 1 aromatic carbocycles. The van der Waals surface area contributed by atoms with Gasteiger partial charge in [-0.05, 0) is 30.7 Å². The molecule has 5 nitrogen and oxygen atoms in total. The van der Waals surface area contributed by atoms with Crippen LogP contribution in [-0.2, 0) is 0 Å². The number of nitro groups is 1. The Bertz CT molecular complexity index is 606. The molecule has 0 aliphatic heterocycles. The lowest BCUT2D eigenvalue weighted by atomic mass is 10.2. The first kappa shape index (κ1) is 12.3. The number of nitro benzene ring substituents is 1. The summed E-state index contributed by atoms with van der Waals surface area (Å²) in [7, 11) is 0. The first-order valence-corrected chi connectivity index (χ1v) is 5.89. The van der Waals surface area contributed by atoms with E-state index in [1.165, 1.54) is 23.5 Å². The van der Waals surface area contributed by atoms with Crippen molar-refractivity contribution in [3.05, 3.63) is 50.9 Å². The quantitative estimate of drug-likeness (QED) is 0.480. The van der Waals surface area contributed by atoms with E-state index >= 15 is 0 Å². The summed E-state index contributed by atoms with van der Waals surface area (Å²) in [6, 6.07) is 7.73. The van der Waals surface area contributed by atoms with Gasteiger partial charge in [0.2, 0.25) is 0 Å². The van der Waals surface area contributed by atoms with Crippen molar-refractivity contribution in [2.24, 2.45) is 0 Å². The number of thiophene rings is 1. The Morgan fingerprint density at radius 1 is 1.33 bits per heavy atom. The fraction of sp³-hybridized carbons (Fsp3) is 0.0833. The first-order valence-electron chi connectivity index (χ1n) is 5.08. The number of aldehydes is 1. The van der Waals surface area contributed by atoms with Gasteiger partial charge in [-0.15, -0.1) is 0 Å². The molecule has 1 heterocycles. The molecule has 0 saturated heterocycles. The van der Waals surface area contributed by atoms with Crippen LogP contribution in [0.1, 0.15) is 15.2 Å². The summed E-state index contributed by atoms with van der Waals surface area (Å²) < 4.78 is 5.56. The average Bonchev–Trinajstić information content (AvgIpc) is 2.79. The molecule has 0 aliphatic rings. The zero-order chi connectivity index (χ0) is 13.1. The van der Waals surface area contributed by atoms with E-state index in [0.29, 0.717) is 21.3 Å². The van der Waals surface area contributed by atoms with Crippen LogP contribution in [0.2, 0.25) is 0 Å². The zero-order valence-electron chi connectivity index (χ0n) is 9.45. The normalized spacial score (nSPS) is 10.1. The number of ether oxygens (including phenoxy) is 1. The maximum absolute atomic E-state index is 10.6. The monoisotopic (exact) mass is 263 g/mol. The largest absolute Gasteiger partial charge is 0.446 e. The third-order valence-electron chi connectivity index (χ3n) is 2.30. The second-order valence-corrected chi connectivity index (χ2v) is 4.66. The minimum Gasteiger partial charge on any atom is -0.446 e. The molecule has 2 aromatic rings. The fourth-order valence-corrected chi connectivity index (χ4v) is 2.11. The van der Waals surface area contributed by atoms with E-state index in [-0.39, 0.29) is 5.69 Å².